The van der Waals surface area contributed by atoms with Gasteiger partial charge in [-0.1, -0.05) is 54.1 Å². The van der Waals surface area contributed by atoms with Crippen molar-refractivity contribution < 1.29 is 9.90 Å². The summed E-state index contributed by atoms with van der Waals surface area (Å²) in [5.74, 6) is 0.158. The highest BCUT2D eigenvalue weighted by molar-refractivity contribution is 6.30. The minimum absolute atomic E-state index is 0.0235. The first-order valence-corrected chi connectivity index (χ1v) is 13.2. The van der Waals surface area contributed by atoms with E-state index in [1.807, 2.05) is 42.5 Å². The zero-order chi connectivity index (χ0) is 25.7. The lowest BCUT2D eigenvalue weighted by atomic mass is 9.89. The maximum absolute atomic E-state index is 12.1. The summed E-state index contributed by atoms with van der Waals surface area (Å²) in [5.41, 5.74) is 8.55. The number of aliphatic hydroxyl groups is 1. The standard InChI is InChI=1S/C27H33Cl2N5O2/c1-17(35)24(26(30)36)32-27(31-15-18-7-11-21(28)12-8-18)34-16-23(19-5-3-2-4-6-19)25(33-34)20-9-13-22(29)14-10-20/h2-6,9-10,13-14,17-18,21,23-24,35H,7-8,11-12,15-16H2,1H3,(H2,30,36)(H,31,32)/t17-,18?,21?,23+,24+/m1/s1. The van der Waals surface area contributed by atoms with E-state index in [1.165, 1.54) is 6.92 Å². The molecule has 0 saturated heterocycles. The number of hydrazone groups is 1. The third-order valence-electron chi connectivity index (χ3n) is 6.85. The van der Waals surface area contributed by atoms with Crippen LogP contribution in [-0.2, 0) is 4.79 Å². The molecule has 1 aliphatic carbocycles. The van der Waals surface area contributed by atoms with E-state index in [0.717, 1.165) is 42.5 Å². The van der Waals surface area contributed by atoms with Crippen LogP contribution < -0.4 is 11.1 Å². The number of hydrogen-bond donors (Lipinski definition) is 3. The second kappa shape index (κ2) is 12.1. The van der Waals surface area contributed by atoms with Gasteiger partial charge in [0.25, 0.3) is 0 Å². The summed E-state index contributed by atoms with van der Waals surface area (Å²) < 4.78 is 0. The van der Waals surface area contributed by atoms with Crippen molar-refractivity contribution in [3.63, 3.8) is 0 Å². The lowest BCUT2D eigenvalue weighted by molar-refractivity contribution is -0.121. The van der Waals surface area contributed by atoms with Gasteiger partial charge in [-0.05, 0) is 61.8 Å². The number of benzene rings is 2. The predicted molar refractivity (Wildman–Crippen MR) is 146 cm³/mol. The molecule has 3 atom stereocenters. The Bertz CT molecular complexity index is 1080. The zero-order valence-corrected chi connectivity index (χ0v) is 21.9. The molecule has 0 bridgehead atoms. The van der Waals surface area contributed by atoms with Crippen LogP contribution in [0.15, 0.2) is 64.7 Å². The molecule has 192 valence electrons. The molecule has 1 fully saturated rings. The molecule has 7 nitrogen and oxygen atoms in total. The van der Waals surface area contributed by atoms with Crippen LogP contribution in [0.4, 0.5) is 0 Å². The Kier molecular flexibility index (Phi) is 8.88. The highest BCUT2D eigenvalue weighted by atomic mass is 35.5. The topological polar surface area (TPSA) is 103 Å². The van der Waals surface area contributed by atoms with Gasteiger partial charge < -0.3 is 16.2 Å². The number of nitrogens with one attached hydrogen (secondary N) is 1. The minimum atomic E-state index is -0.994. The number of halogens is 2. The molecule has 4 N–H and O–H groups in total. The number of nitrogens with zero attached hydrogens (tertiary/aromatic N) is 3. The van der Waals surface area contributed by atoms with Gasteiger partial charge in [-0.25, -0.2) is 5.01 Å². The average molecular weight is 531 g/mol. The smallest absolute Gasteiger partial charge is 0.242 e. The van der Waals surface area contributed by atoms with Gasteiger partial charge in [0, 0.05) is 22.9 Å². The number of hydrogen-bond acceptors (Lipinski definition) is 4. The van der Waals surface area contributed by atoms with Crippen molar-refractivity contribution in [3.05, 3.63) is 70.7 Å². The summed E-state index contributed by atoms with van der Waals surface area (Å²) in [4.78, 5) is 17.0. The Labute approximate surface area is 222 Å². The van der Waals surface area contributed by atoms with Gasteiger partial charge in [-0.3, -0.25) is 9.79 Å². The van der Waals surface area contributed by atoms with Crippen molar-refractivity contribution in [2.24, 2.45) is 21.7 Å². The van der Waals surface area contributed by atoms with Crippen molar-refractivity contribution in [3.8, 4) is 0 Å². The Hall–Kier alpha value is -2.61. The molecule has 0 aromatic heterocycles. The van der Waals surface area contributed by atoms with Gasteiger partial charge in [0.1, 0.15) is 6.04 Å². The van der Waals surface area contributed by atoms with Crippen LogP contribution in [0.2, 0.25) is 5.02 Å². The quantitative estimate of drug-likeness (QED) is 0.285. The number of aliphatic imine (C=N–C) groups is 1. The Balaban J connectivity index is 1.67. The largest absolute Gasteiger partial charge is 0.391 e. The molecule has 2 aliphatic rings. The predicted octanol–water partition coefficient (Wildman–Crippen LogP) is 4.12. The van der Waals surface area contributed by atoms with E-state index in [9.17, 15) is 9.90 Å². The second-order valence-corrected chi connectivity index (χ2v) is 10.6. The van der Waals surface area contributed by atoms with E-state index in [-0.39, 0.29) is 11.3 Å². The number of guanidine groups is 1. The van der Waals surface area contributed by atoms with Crippen LogP contribution in [0, 0.1) is 5.92 Å². The minimum Gasteiger partial charge on any atom is -0.391 e. The summed E-state index contributed by atoms with van der Waals surface area (Å²) in [5, 5.41) is 20.9. The molecular weight excluding hydrogens is 497 g/mol. The van der Waals surface area contributed by atoms with Gasteiger partial charge in [-0.15, -0.1) is 11.6 Å². The number of primary amides is 1. The van der Waals surface area contributed by atoms with Crippen LogP contribution in [-0.4, -0.2) is 58.3 Å². The molecule has 2 aromatic carbocycles. The molecule has 1 heterocycles. The summed E-state index contributed by atoms with van der Waals surface area (Å²) in [6, 6.07) is 16.8. The summed E-state index contributed by atoms with van der Waals surface area (Å²) in [6.45, 7) is 2.63. The first-order valence-electron chi connectivity index (χ1n) is 12.4. The van der Waals surface area contributed by atoms with Crippen LogP contribution in [0.3, 0.4) is 0 Å². The van der Waals surface area contributed by atoms with Gasteiger partial charge >= 0.3 is 0 Å². The van der Waals surface area contributed by atoms with E-state index in [2.05, 4.69) is 17.4 Å². The molecule has 1 amide bonds. The Morgan fingerprint density at radius 2 is 1.83 bits per heavy atom. The molecule has 0 spiro atoms. The highest BCUT2D eigenvalue weighted by Crippen LogP contribution is 2.30. The first kappa shape index (κ1) is 26.5. The summed E-state index contributed by atoms with van der Waals surface area (Å²) in [6.07, 6.45) is 2.97. The average Bonchev–Trinajstić information content (AvgIpc) is 3.31. The lowest BCUT2D eigenvalue weighted by Crippen LogP contribution is -2.54. The molecule has 4 rings (SSSR count). The number of amides is 1. The van der Waals surface area contributed by atoms with Gasteiger partial charge in [0.15, 0.2) is 0 Å². The van der Waals surface area contributed by atoms with Gasteiger partial charge in [0.05, 0.1) is 18.4 Å². The van der Waals surface area contributed by atoms with Crippen molar-refractivity contribution in [2.45, 2.75) is 56.0 Å². The molecule has 2 aromatic rings. The SMILES string of the molecule is C[C@@H](O)[C@H](N/C(=N\CC1CCC(Cl)CC1)N1C[C@@H](c2ccccc2)C(c2ccc(Cl)cc2)=N1)C(N)=O. The van der Waals surface area contributed by atoms with Crippen molar-refractivity contribution >= 4 is 40.8 Å². The van der Waals surface area contributed by atoms with Crippen molar-refractivity contribution in [2.75, 3.05) is 13.1 Å². The highest BCUT2D eigenvalue weighted by Gasteiger charge is 2.34. The van der Waals surface area contributed by atoms with E-state index in [4.69, 9.17) is 39.0 Å². The fourth-order valence-corrected chi connectivity index (χ4v) is 5.13. The number of rotatable bonds is 7. The van der Waals surface area contributed by atoms with Crippen LogP contribution >= 0.6 is 23.2 Å². The summed E-state index contributed by atoms with van der Waals surface area (Å²) in [7, 11) is 0. The van der Waals surface area contributed by atoms with E-state index < -0.39 is 18.1 Å². The second-order valence-electron chi connectivity index (χ2n) is 9.58. The number of nitrogens with two attached hydrogens (primary N) is 1. The van der Waals surface area contributed by atoms with Crippen LogP contribution in [0.25, 0.3) is 0 Å². The first-order chi connectivity index (χ1) is 17.3. The molecule has 1 saturated carbocycles. The van der Waals surface area contributed by atoms with Gasteiger partial charge in [-0.2, -0.15) is 5.10 Å². The summed E-state index contributed by atoms with van der Waals surface area (Å²) >= 11 is 12.4. The molecule has 0 radical (unpaired) electrons. The molecule has 0 unspecified atom stereocenters. The Morgan fingerprint density at radius 1 is 1.17 bits per heavy atom. The molecular formula is C27H33Cl2N5O2. The third-order valence-corrected chi connectivity index (χ3v) is 7.54. The van der Waals surface area contributed by atoms with Crippen molar-refractivity contribution in [1.82, 2.24) is 10.3 Å². The monoisotopic (exact) mass is 529 g/mol. The van der Waals surface area contributed by atoms with E-state index in [1.54, 1.807) is 5.01 Å². The molecule has 36 heavy (non-hydrogen) atoms. The number of carbonyl (C=O) groups is 1. The van der Waals surface area contributed by atoms with Gasteiger partial charge in [0.2, 0.25) is 11.9 Å². The number of aliphatic hydroxyl groups excluding tert-OH is 1. The molecule has 9 heteroatoms. The van der Waals surface area contributed by atoms with E-state index >= 15 is 0 Å². The number of carbonyl (C=O) groups excluding carboxylic acids is 1. The normalized spacial score (nSPS) is 24.2. The maximum Gasteiger partial charge on any atom is 0.242 e. The van der Waals surface area contributed by atoms with Crippen molar-refractivity contribution in [1.29, 1.82) is 0 Å². The fraction of sp³-hybridized carbons (Fsp3) is 0.444. The van der Waals surface area contributed by atoms with Crippen LogP contribution in [0.5, 0.6) is 0 Å². The lowest BCUT2D eigenvalue weighted by Gasteiger charge is -2.27. The maximum atomic E-state index is 12.1. The Morgan fingerprint density at radius 3 is 2.44 bits per heavy atom. The fourth-order valence-electron chi connectivity index (χ4n) is 4.75. The number of alkyl halides is 1. The third kappa shape index (κ3) is 6.58. The van der Waals surface area contributed by atoms with E-state index in [0.29, 0.717) is 30.0 Å². The zero-order valence-electron chi connectivity index (χ0n) is 20.4. The van der Waals surface area contributed by atoms with Crippen LogP contribution in [0.1, 0.15) is 49.7 Å². The molecule has 1 aliphatic heterocycles.